The van der Waals surface area contributed by atoms with Gasteiger partial charge >= 0.3 is 6.36 Å². The molecule has 0 aliphatic heterocycles. The van der Waals surface area contributed by atoms with Gasteiger partial charge in [0.1, 0.15) is 5.75 Å². The Bertz CT molecular complexity index is 395. The molecule has 1 aromatic rings. The molecule has 0 aliphatic carbocycles. The molecule has 0 aromatic heterocycles. The first kappa shape index (κ1) is 15.0. The second-order valence-corrected chi connectivity index (χ2v) is 5.61. The maximum absolute atomic E-state index is 11.9. The summed E-state index contributed by atoms with van der Waals surface area (Å²) in [6.45, 7) is 0. The Labute approximate surface area is 110 Å². The van der Waals surface area contributed by atoms with Crippen LogP contribution in [0.25, 0.3) is 0 Å². The number of nitrogens with one attached hydrogen (secondary N) is 1. The highest BCUT2D eigenvalue weighted by molar-refractivity contribution is 8.76. The van der Waals surface area contributed by atoms with E-state index in [4.69, 9.17) is 0 Å². The lowest BCUT2D eigenvalue weighted by atomic mass is 10.3. The van der Waals surface area contributed by atoms with Crippen LogP contribution in [0.4, 0.5) is 18.9 Å². The minimum Gasteiger partial charge on any atom is -0.406 e. The van der Waals surface area contributed by atoms with Gasteiger partial charge in [-0.25, -0.2) is 0 Å². The molecule has 0 aliphatic rings. The van der Waals surface area contributed by atoms with Crippen LogP contribution in [0.15, 0.2) is 24.3 Å². The summed E-state index contributed by atoms with van der Waals surface area (Å²) in [7, 11) is 2.84. The predicted octanol–water partition coefficient (Wildman–Crippen LogP) is 3.53. The summed E-state index contributed by atoms with van der Waals surface area (Å²) in [5.41, 5.74) is 0.427. The lowest BCUT2D eigenvalue weighted by Crippen LogP contribution is -2.17. The number of rotatable bonds is 5. The van der Waals surface area contributed by atoms with E-state index < -0.39 is 6.36 Å². The molecule has 0 unspecified atom stereocenters. The number of halogens is 3. The minimum absolute atomic E-state index is 0.209. The summed E-state index contributed by atoms with van der Waals surface area (Å²) in [6.07, 6.45) is -2.86. The van der Waals surface area contributed by atoms with E-state index in [9.17, 15) is 18.0 Å². The highest BCUT2D eigenvalue weighted by Crippen LogP contribution is 2.24. The van der Waals surface area contributed by atoms with Crippen LogP contribution in [-0.2, 0) is 4.79 Å². The van der Waals surface area contributed by atoms with Gasteiger partial charge in [-0.2, -0.15) is 0 Å². The van der Waals surface area contributed by atoms with Crippen LogP contribution in [0, 0.1) is 0 Å². The second-order valence-electron chi connectivity index (χ2n) is 3.05. The monoisotopic (exact) mass is 297 g/mol. The van der Waals surface area contributed by atoms with Crippen molar-refractivity contribution in [1.29, 1.82) is 0 Å². The molecule has 0 atom stereocenters. The van der Waals surface area contributed by atoms with Gasteiger partial charge in [-0.3, -0.25) is 4.79 Å². The van der Waals surface area contributed by atoms with Gasteiger partial charge in [0, 0.05) is 5.69 Å². The van der Waals surface area contributed by atoms with Gasteiger partial charge in [-0.05, 0) is 30.5 Å². The molecule has 0 saturated carbocycles. The first-order valence-electron chi connectivity index (χ1n) is 4.72. The van der Waals surface area contributed by atoms with Crippen molar-refractivity contribution in [2.75, 3.05) is 17.3 Å². The SMILES string of the molecule is CSSCC(=O)Nc1ccc(OC(F)(F)F)cc1. The molecule has 8 heteroatoms. The van der Waals surface area contributed by atoms with Crippen LogP contribution in [0.1, 0.15) is 0 Å². The zero-order valence-corrected chi connectivity index (χ0v) is 10.9. The van der Waals surface area contributed by atoms with E-state index in [1.165, 1.54) is 33.7 Å². The van der Waals surface area contributed by atoms with Crippen molar-refractivity contribution in [3.63, 3.8) is 0 Å². The van der Waals surface area contributed by atoms with Gasteiger partial charge < -0.3 is 10.1 Å². The van der Waals surface area contributed by atoms with Crippen molar-refractivity contribution in [1.82, 2.24) is 0 Å². The van der Waals surface area contributed by atoms with Crippen LogP contribution >= 0.6 is 21.6 Å². The van der Waals surface area contributed by atoms with Gasteiger partial charge in [-0.15, -0.1) is 13.2 Å². The predicted molar refractivity (Wildman–Crippen MR) is 67.7 cm³/mol. The largest absolute Gasteiger partial charge is 0.573 e. The molecule has 1 rings (SSSR count). The Morgan fingerprint density at radius 3 is 2.44 bits per heavy atom. The van der Waals surface area contributed by atoms with E-state index in [0.29, 0.717) is 5.69 Å². The summed E-state index contributed by atoms with van der Waals surface area (Å²) in [4.78, 5) is 11.3. The van der Waals surface area contributed by atoms with Gasteiger partial charge in [0.15, 0.2) is 0 Å². The van der Waals surface area contributed by atoms with Crippen molar-refractivity contribution in [2.45, 2.75) is 6.36 Å². The number of carbonyl (C=O) groups excluding carboxylic acids is 1. The normalized spacial score (nSPS) is 11.1. The Balaban J connectivity index is 2.52. The standard InChI is InChI=1S/C10H10F3NO2S2/c1-17-18-6-9(15)14-7-2-4-8(5-3-7)16-10(11,12)13/h2-5H,6H2,1H3,(H,14,15). The molecule has 0 saturated heterocycles. The van der Waals surface area contributed by atoms with E-state index >= 15 is 0 Å². The van der Waals surface area contributed by atoms with Gasteiger partial charge in [0.05, 0.1) is 5.75 Å². The molecule has 1 amide bonds. The van der Waals surface area contributed by atoms with E-state index in [-0.39, 0.29) is 17.4 Å². The average molecular weight is 297 g/mol. The molecule has 0 heterocycles. The molecule has 1 aromatic carbocycles. The summed E-state index contributed by atoms with van der Waals surface area (Å²) in [6, 6.07) is 4.99. The third-order valence-electron chi connectivity index (χ3n) is 1.68. The summed E-state index contributed by atoms with van der Waals surface area (Å²) in [5.74, 6) is -0.250. The Hall–Kier alpha value is -1.02. The molecule has 0 spiro atoms. The number of ether oxygens (including phenoxy) is 1. The van der Waals surface area contributed by atoms with Crippen molar-refractivity contribution in [3.8, 4) is 5.75 Å². The number of anilines is 1. The molecule has 18 heavy (non-hydrogen) atoms. The smallest absolute Gasteiger partial charge is 0.406 e. The highest BCUT2D eigenvalue weighted by Gasteiger charge is 2.30. The van der Waals surface area contributed by atoms with Gasteiger partial charge in [-0.1, -0.05) is 21.6 Å². The minimum atomic E-state index is -4.71. The molecule has 3 nitrogen and oxygen atoms in total. The third-order valence-corrected chi connectivity index (χ3v) is 3.36. The first-order valence-corrected chi connectivity index (χ1v) is 7.45. The van der Waals surface area contributed by atoms with Crippen molar-refractivity contribution in [2.24, 2.45) is 0 Å². The lowest BCUT2D eigenvalue weighted by molar-refractivity contribution is -0.274. The van der Waals surface area contributed by atoms with Crippen molar-refractivity contribution >= 4 is 33.2 Å². The fourth-order valence-electron chi connectivity index (χ4n) is 1.05. The number of amides is 1. The van der Waals surface area contributed by atoms with Gasteiger partial charge in [0.25, 0.3) is 0 Å². The van der Waals surface area contributed by atoms with E-state index in [1.807, 2.05) is 6.26 Å². The van der Waals surface area contributed by atoms with E-state index in [1.54, 1.807) is 0 Å². The quantitative estimate of drug-likeness (QED) is 0.844. The zero-order chi connectivity index (χ0) is 13.6. The molecule has 0 bridgehead atoms. The molecular weight excluding hydrogens is 287 g/mol. The Kier molecular flexibility index (Phi) is 5.67. The zero-order valence-electron chi connectivity index (χ0n) is 9.28. The Morgan fingerprint density at radius 2 is 1.94 bits per heavy atom. The van der Waals surface area contributed by atoms with Crippen LogP contribution in [-0.4, -0.2) is 24.3 Å². The maximum Gasteiger partial charge on any atom is 0.573 e. The molecular formula is C10H10F3NO2S2. The van der Waals surface area contributed by atoms with Gasteiger partial charge in [0.2, 0.25) is 5.91 Å². The lowest BCUT2D eigenvalue weighted by Gasteiger charge is -2.09. The molecule has 0 fully saturated rings. The molecule has 0 radical (unpaired) electrons. The van der Waals surface area contributed by atoms with E-state index in [0.717, 1.165) is 12.1 Å². The van der Waals surface area contributed by atoms with Crippen molar-refractivity contribution in [3.05, 3.63) is 24.3 Å². The summed E-state index contributed by atoms with van der Waals surface area (Å²) in [5, 5.41) is 2.56. The number of alkyl halides is 3. The number of carbonyl (C=O) groups is 1. The number of hydrogen-bond acceptors (Lipinski definition) is 4. The first-order chi connectivity index (χ1) is 8.40. The fraction of sp³-hybridized carbons (Fsp3) is 0.300. The van der Waals surface area contributed by atoms with Crippen LogP contribution in [0.3, 0.4) is 0 Å². The summed E-state index contributed by atoms with van der Waals surface area (Å²) < 4.78 is 39.4. The number of hydrogen-bond donors (Lipinski definition) is 1. The van der Waals surface area contributed by atoms with Crippen LogP contribution < -0.4 is 10.1 Å². The second kappa shape index (κ2) is 6.79. The van der Waals surface area contributed by atoms with Crippen LogP contribution in [0.5, 0.6) is 5.75 Å². The third kappa shape index (κ3) is 6.06. The Morgan fingerprint density at radius 1 is 1.33 bits per heavy atom. The molecule has 100 valence electrons. The fourth-order valence-corrected chi connectivity index (χ4v) is 2.02. The highest BCUT2D eigenvalue weighted by atomic mass is 33.1. The van der Waals surface area contributed by atoms with Crippen molar-refractivity contribution < 1.29 is 22.7 Å². The topological polar surface area (TPSA) is 38.3 Å². The molecule has 1 N–H and O–H groups in total. The maximum atomic E-state index is 11.9. The average Bonchev–Trinajstić information content (AvgIpc) is 2.27. The van der Waals surface area contributed by atoms with Crippen LogP contribution in [0.2, 0.25) is 0 Å². The summed E-state index contributed by atoms with van der Waals surface area (Å²) >= 11 is 0. The number of benzene rings is 1. The van der Waals surface area contributed by atoms with E-state index in [2.05, 4.69) is 10.1 Å².